The second-order valence-corrected chi connectivity index (χ2v) is 7.66. The van der Waals surface area contributed by atoms with Crippen LogP contribution in [0.15, 0.2) is 40.3 Å². The van der Waals surface area contributed by atoms with Crippen molar-refractivity contribution in [3.05, 3.63) is 59.1 Å². The molecule has 0 radical (unpaired) electrons. The molecular formula is C20H25N5O2S. The molecule has 3 aromatic heterocycles. The van der Waals surface area contributed by atoms with Crippen molar-refractivity contribution in [2.45, 2.75) is 44.5 Å². The molecule has 148 valence electrons. The van der Waals surface area contributed by atoms with Gasteiger partial charge in [0.05, 0.1) is 11.3 Å². The molecule has 0 aliphatic rings. The molecule has 0 saturated carbocycles. The van der Waals surface area contributed by atoms with Crippen molar-refractivity contribution >= 4 is 17.7 Å². The van der Waals surface area contributed by atoms with E-state index in [9.17, 15) is 4.79 Å². The predicted molar refractivity (Wildman–Crippen MR) is 108 cm³/mol. The quantitative estimate of drug-likeness (QED) is 0.538. The molecule has 0 bridgehead atoms. The minimum Gasteiger partial charge on any atom is -0.361 e. The minimum atomic E-state index is -0.0169. The van der Waals surface area contributed by atoms with Gasteiger partial charge in [-0.15, -0.1) is 11.8 Å². The molecule has 1 amide bonds. The molecule has 0 spiro atoms. The summed E-state index contributed by atoms with van der Waals surface area (Å²) in [7, 11) is 1.83. The Kier molecular flexibility index (Phi) is 6.51. The van der Waals surface area contributed by atoms with E-state index in [1.807, 2.05) is 40.1 Å². The fourth-order valence-electron chi connectivity index (χ4n) is 2.94. The zero-order valence-corrected chi connectivity index (χ0v) is 17.5. The first-order valence-corrected chi connectivity index (χ1v) is 10.2. The number of hydrogen-bond donors (Lipinski definition) is 0. The van der Waals surface area contributed by atoms with Gasteiger partial charge in [0.15, 0.2) is 0 Å². The van der Waals surface area contributed by atoms with Gasteiger partial charge in [-0.2, -0.15) is 0 Å². The van der Waals surface area contributed by atoms with Gasteiger partial charge in [-0.25, -0.2) is 9.97 Å². The van der Waals surface area contributed by atoms with Crippen LogP contribution in [0.5, 0.6) is 0 Å². The molecule has 0 unspecified atom stereocenters. The van der Waals surface area contributed by atoms with E-state index in [2.05, 4.69) is 19.7 Å². The number of hydrogen-bond acceptors (Lipinski definition) is 6. The number of thioether (sulfide) groups is 1. The lowest BCUT2D eigenvalue weighted by Crippen LogP contribution is -2.29. The van der Waals surface area contributed by atoms with E-state index < -0.39 is 0 Å². The Labute approximate surface area is 169 Å². The smallest absolute Gasteiger partial charge is 0.256 e. The first kappa shape index (κ1) is 20.1. The lowest BCUT2D eigenvalue weighted by molar-refractivity contribution is 0.0787. The van der Waals surface area contributed by atoms with Crippen molar-refractivity contribution in [2.24, 2.45) is 0 Å². The zero-order chi connectivity index (χ0) is 20.1. The molecule has 28 heavy (non-hydrogen) atoms. The van der Waals surface area contributed by atoms with E-state index in [0.717, 1.165) is 40.8 Å². The Balaban J connectivity index is 1.62. The maximum Gasteiger partial charge on any atom is 0.256 e. The molecule has 7 nitrogen and oxygen atoms in total. The Bertz CT molecular complexity index is 930. The maximum atomic E-state index is 12.9. The second-order valence-electron chi connectivity index (χ2n) is 6.70. The molecule has 0 aliphatic carbocycles. The lowest BCUT2D eigenvalue weighted by atomic mass is 10.2. The summed E-state index contributed by atoms with van der Waals surface area (Å²) < 4.78 is 7.31. The molecule has 0 saturated heterocycles. The van der Waals surface area contributed by atoms with Gasteiger partial charge < -0.3 is 14.0 Å². The number of carbonyl (C=O) groups is 1. The van der Waals surface area contributed by atoms with Gasteiger partial charge >= 0.3 is 0 Å². The zero-order valence-electron chi connectivity index (χ0n) is 16.7. The van der Waals surface area contributed by atoms with Crippen LogP contribution in [-0.2, 0) is 12.3 Å². The van der Waals surface area contributed by atoms with Crippen LogP contribution in [-0.4, -0.2) is 44.1 Å². The monoisotopic (exact) mass is 399 g/mol. The van der Waals surface area contributed by atoms with Crippen molar-refractivity contribution < 1.29 is 9.32 Å². The number of aryl methyl sites for hydroxylation is 4. The molecule has 0 fully saturated rings. The third-order valence-corrected chi connectivity index (χ3v) is 5.73. The Morgan fingerprint density at radius 1 is 1.25 bits per heavy atom. The van der Waals surface area contributed by atoms with Crippen molar-refractivity contribution in [1.29, 1.82) is 0 Å². The molecule has 3 aromatic rings. The first-order valence-electron chi connectivity index (χ1n) is 9.20. The van der Waals surface area contributed by atoms with Gasteiger partial charge in [0.25, 0.3) is 5.91 Å². The third kappa shape index (κ3) is 4.62. The molecule has 0 aliphatic heterocycles. The van der Waals surface area contributed by atoms with Crippen LogP contribution >= 0.6 is 11.8 Å². The number of pyridine rings is 1. The average molecular weight is 400 g/mol. The highest BCUT2D eigenvalue weighted by Gasteiger charge is 2.18. The van der Waals surface area contributed by atoms with Gasteiger partial charge in [0, 0.05) is 50.0 Å². The number of aromatic nitrogens is 4. The number of amides is 1. The van der Waals surface area contributed by atoms with Gasteiger partial charge in [0.1, 0.15) is 16.6 Å². The molecule has 0 aromatic carbocycles. The van der Waals surface area contributed by atoms with Crippen molar-refractivity contribution in [2.75, 3.05) is 13.6 Å². The fourth-order valence-corrected chi connectivity index (χ4v) is 4.08. The summed E-state index contributed by atoms with van der Waals surface area (Å²) in [5.74, 6) is 2.44. The van der Waals surface area contributed by atoms with Crippen molar-refractivity contribution in [1.82, 2.24) is 24.6 Å². The molecule has 3 heterocycles. The Morgan fingerprint density at radius 3 is 2.75 bits per heavy atom. The summed E-state index contributed by atoms with van der Waals surface area (Å²) in [6.45, 7) is 7.30. The lowest BCUT2D eigenvalue weighted by Gasteiger charge is -2.18. The van der Waals surface area contributed by atoms with Crippen LogP contribution in [0, 0.1) is 20.8 Å². The molecule has 0 N–H and O–H groups in total. The summed E-state index contributed by atoms with van der Waals surface area (Å²) in [5, 5.41) is 4.71. The molecule has 0 atom stereocenters. The van der Waals surface area contributed by atoms with Crippen LogP contribution in [0.1, 0.15) is 39.6 Å². The normalized spacial score (nSPS) is 11.0. The third-order valence-electron chi connectivity index (χ3n) is 4.70. The number of carbonyl (C=O) groups excluding carboxylic acids is 1. The summed E-state index contributed by atoms with van der Waals surface area (Å²) in [6.07, 6.45) is 6.33. The summed E-state index contributed by atoms with van der Waals surface area (Å²) in [5.41, 5.74) is 2.56. The van der Waals surface area contributed by atoms with E-state index in [1.165, 1.54) is 11.8 Å². The number of nitrogens with zero attached hydrogens (tertiary/aromatic N) is 5. The average Bonchev–Trinajstić information content (AvgIpc) is 3.24. The van der Waals surface area contributed by atoms with E-state index >= 15 is 0 Å². The van der Waals surface area contributed by atoms with Crippen LogP contribution in [0.25, 0.3) is 0 Å². The van der Waals surface area contributed by atoms with E-state index in [4.69, 9.17) is 4.52 Å². The van der Waals surface area contributed by atoms with Crippen LogP contribution in [0.4, 0.5) is 0 Å². The van der Waals surface area contributed by atoms with E-state index in [1.54, 1.807) is 23.4 Å². The number of imidazole rings is 1. The van der Waals surface area contributed by atoms with Crippen LogP contribution in [0.2, 0.25) is 0 Å². The SMILES string of the molecule is Cc1noc(C)c1CSc1ncccc1C(=O)N(C)CCCn1ccnc1C. The van der Waals surface area contributed by atoms with Crippen LogP contribution in [0.3, 0.4) is 0 Å². The molecular weight excluding hydrogens is 374 g/mol. The van der Waals surface area contributed by atoms with Crippen molar-refractivity contribution in [3.63, 3.8) is 0 Å². The Morgan fingerprint density at radius 2 is 2.07 bits per heavy atom. The van der Waals surface area contributed by atoms with E-state index in [0.29, 0.717) is 17.9 Å². The van der Waals surface area contributed by atoms with Gasteiger partial charge in [-0.05, 0) is 39.3 Å². The molecule has 3 rings (SSSR count). The standard InChI is InChI=1S/C20H25N5O2S/c1-14-18(15(2)27-23-14)13-28-19-17(7-5-8-22-19)20(26)24(4)10-6-11-25-12-9-21-16(25)3/h5,7-9,12H,6,10-11,13H2,1-4H3. The highest BCUT2D eigenvalue weighted by molar-refractivity contribution is 7.98. The van der Waals surface area contributed by atoms with Gasteiger partial charge in [-0.1, -0.05) is 5.16 Å². The van der Waals surface area contributed by atoms with Gasteiger partial charge in [-0.3, -0.25) is 4.79 Å². The predicted octanol–water partition coefficient (Wildman–Crippen LogP) is 3.65. The van der Waals surface area contributed by atoms with Crippen LogP contribution < -0.4 is 0 Å². The second kappa shape index (κ2) is 9.05. The minimum absolute atomic E-state index is 0.0169. The summed E-state index contributed by atoms with van der Waals surface area (Å²) in [4.78, 5) is 23.3. The van der Waals surface area contributed by atoms with Crippen molar-refractivity contribution in [3.8, 4) is 0 Å². The highest BCUT2D eigenvalue weighted by Crippen LogP contribution is 2.27. The maximum absolute atomic E-state index is 12.9. The highest BCUT2D eigenvalue weighted by atomic mass is 32.2. The first-order chi connectivity index (χ1) is 13.5. The van der Waals surface area contributed by atoms with Gasteiger partial charge in [0.2, 0.25) is 0 Å². The van der Waals surface area contributed by atoms with E-state index in [-0.39, 0.29) is 5.91 Å². The Hall–Kier alpha value is -2.61. The fraction of sp³-hybridized carbons (Fsp3) is 0.400. The largest absolute Gasteiger partial charge is 0.361 e. The summed E-state index contributed by atoms with van der Waals surface area (Å²) in [6, 6.07) is 3.64. The topological polar surface area (TPSA) is 77.0 Å². The summed E-state index contributed by atoms with van der Waals surface area (Å²) >= 11 is 1.53. The molecule has 8 heteroatoms. The number of rotatable bonds is 8.